The van der Waals surface area contributed by atoms with Crippen LogP contribution in [0.1, 0.15) is 30.9 Å². The van der Waals surface area contributed by atoms with Crippen molar-refractivity contribution in [2.75, 3.05) is 26.0 Å². The molecule has 1 aromatic carbocycles. The van der Waals surface area contributed by atoms with E-state index in [2.05, 4.69) is 53.6 Å². The lowest BCUT2D eigenvalue weighted by Crippen LogP contribution is -2.27. The fourth-order valence-electron chi connectivity index (χ4n) is 2.30. The van der Waals surface area contributed by atoms with Crippen LogP contribution >= 0.6 is 11.8 Å². The van der Waals surface area contributed by atoms with E-state index >= 15 is 0 Å². The fraction of sp³-hybridized carbons (Fsp3) is 0.500. The Morgan fingerprint density at radius 1 is 1.32 bits per heavy atom. The lowest BCUT2D eigenvalue weighted by molar-refractivity contribution is -0.118. The van der Waals surface area contributed by atoms with Crippen LogP contribution < -0.4 is 5.32 Å². The summed E-state index contributed by atoms with van der Waals surface area (Å²) in [6, 6.07) is 8.58. The van der Waals surface area contributed by atoms with Gasteiger partial charge in [0.25, 0.3) is 0 Å². The number of thioether (sulfide) groups is 1. The summed E-state index contributed by atoms with van der Waals surface area (Å²) in [7, 11) is 1.65. The third-order valence-corrected chi connectivity index (χ3v) is 4.81. The van der Waals surface area contributed by atoms with Gasteiger partial charge in [-0.05, 0) is 23.5 Å². The van der Waals surface area contributed by atoms with Crippen molar-refractivity contribution in [3.8, 4) is 0 Å². The first-order chi connectivity index (χ1) is 12.1. The Kier molecular flexibility index (Phi) is 7.94. The monoisotopic (exact) mass is 362 g/mol. The summed E-state index contributed by atoms with van der Waals surface area (Å²) in [6.07, 6.45) is 2.49. The Labute approximate surface area is 153 Å². The van der Waals surface area contributed by atoms with Crippen molar-refractivity contribution in [3.05, 3.63) is 41.7 Å². The van der Waals surface area contributed by atoms with Gasteiger partial charge in [0.05, 0.1) is 12.4 Å². The Balaban J connectivity index is 1.69. The number of nitrogens with zero attached hydrogens (tertiary/aromatic N) is 3. The molecule has 6 nitrogen and oxygen atoms in total. The number of benzene rings is 1. The molecular formula is C18H26N4O2S. The molecule has 0 atom stereocenters. The van der Waals surface area contributed by atoms with Crippen LogP contribution in [-0.2, 0) is 22.5 Å². The Hall–Kier alpha value is -1.86. The van der Waals surface area contributed by atoms with E-state index in [0.717, 1.165) is 11.6 Å². The zero-order valence-corrected chi connectivity index (χ0v) is 15.9. The van der Waals surface area contributed by atoms with Crippen LogP contribution in [0.15, 0.2) is 35.7 Å². The van der Waals surface area contributed by atoms with E-state index in [1.807, 2.05) is 4.57 Å². The molecule has 0 saturated heterocycles. The maximum Gasteiger partial charge on any atom is 0.230 e. The normalized spacial score (nSPS) is 11.0. The van der Waals surface area contributed by atoms with E-state index in [1.165, 1.54) is 22.9 Å². The van der Waals surface area contributed by atoms with Gasteiger partial charge in [0.2, 0.25) is 5.91 Å². The van der Waals surface area contributed by atoms with Gasteiger partial charge in [-0.3, -0.25) is 4.79 Å². The number of carbonyl (C=O) groups is 1. The predicted octanol–water partition coefficient (Wildman–Crippen LogP) is 2.50. The van der Waals surface area contributed by atoms with Crippen molar-refractivity contribution < 1.29 is 9.53 Å². The maximum absolute atomic E-state index is 12.0. The van der Waals surface area contributed by atoms with Crippen LogP contribution in [0.5, 0.6) is 0 Å². The minimum atomic E-state index is 0.00471. The highest BCUT2D eigenvalue weighted by atomic mass is 32.2. The Bertz CT molecular complexity index is 655. The molecular weight excluding hydrogens is 336 g/mol. The highest BCUT2D eigenvalue weighted by molar-refractivity contribution is 7.99. The standard InChI is InChI=1S/C18H26N4O2S/c1-14(2)16-6-4-15(5-7-16)8-9-19-17(23)12-25-18-21-20-13-22(18)10-11-24-3/h4-7,13-14H,8-12H2,1-3H3,(H,19,23). The van der Waals surface area contributed by atoms with Crippen LogP contribution in [0.25, 0.3) is 0 Å². The number of ether oxygens (including phenoxy) is 1. The first kappa shape index (κ1) is 19.5. The number of methoxy groups -OCH3 is 1. The van der Waals surface area contributed by atoms with E-state index in [4.69, 9.17) is 4.74 Å². The molecule has 2 rings (SSSR count). The molecule has 0 saturated carbocycles. The summed E-state index contributed by atoms with van der Waals surface area (Å²) in [6.45, 7) is 6.27. The quantitative estimate of drug-likeness (QED) is 0.658. The largest absolute Gasteiger partial charge is 0.383 e. The summed E-state index contributed by atoms with van der Waals surface area (Å²) >= 11 is 1.39. The van der Waals surface area contributed by atoms with Crippen molar-refractivity contribution in [2.24, 2.45) is 0 Å². The molecule has 0 spiro atoms. The smallest absolute Gasteiger partial charge is 0.230 e. The van der Waals surface area contributed by atoms with E-state index < -0.39 is 0 Å². The third-order valence-electron chi connectivity index (χ3n) is 3.83. The number of amides is 1. The van der Waals surface area contributed by atoms with E-state index in [9.17, 15) is 4.79 Å². The minimum absolute atomic E-state index is 0.00471. The van der Waals surface area contributed by atoms with Crippen LogP contribution in [0.4, 0.5) is 0 Å². The number of rotatable bonds is 10. The number of hydrogen-bond donors (Lipinski definition) is 1. The molecule has 0 radical (unpaired) electrons. The zero-order valence-electron chi connectivity index (χ0n) is 15.1. The maximum atomic E-state index is 12.0. The molecule has 0 unspecified atom stereocenters. The molecule has 0 fully saturated rings. The van der Waals surface area contributed by atoms with Crippen molar-refractivity contribution in [3.63, 3.8) is 0 Å². The number of nitrogens with one attached hydrogen (secondary N) is 1. The number of hydrogen-bond acceptors (Lipinski definition) is 5. The first-order valence-electron chi connectivity index (χ1n) is 8.45. The van der Waals surface area contributed by atoms with Gasteiger partial charge in [0.15, 0.2) is 5.16 Å². The summed E-state index contributed by atoms with van der Waals surface area (Å²) in [5.74, 6) is 0.875. The van der Waals surface area contributed by atoms with Gasteiger partial charge < -0.3 is 14.6 Å². The Morgan fingerprint density at radius 2 is 2.08 bits per heavy atom. The molecule has 0 aliphatic carbocycles. The molecule has 25 heavy (non-hydrogen) atoms. The van der Waals surface area contributed by atoms with Gasteiger partial charge >= 0.3 is 0 Å². The van der Waals surface area contributed by atoms with Gasteiger partial charge in [0.1, 0.15) is 6.33 Å². The van der Waals surface area contributed by atoms with Crippen LogP contribution in [-0.4, -0.2) is 46.7 Å². The van der Waals surface area contributed by atoms with Crippen molar-refractivity contribution in [1.29, 1.82) is 0 Å². The van der Waals surface area contributed by atoms with Crippen LogP contribution in [0, 0.1) is 0 Å². The van der Waals surface area contributed by atoms with Crippen LogP contribution in [0.2, 0.25) is 0 Å². The lowest BCUT2D eigenvalue weighted by atomic mass is 10.0. The highest BCUT2D eigenvalue weighted by Gasteiger charge is 2.08. The summed E-state index contributed by atoms with van der Waals surface area (Å²) in [5, 5.41) is 11.6. The molecule has 0 aliphatic heterocycles. The number of aromatic nitrogens is 3. The average Bonchev–Trinajstić information content (AvgIpc) is 3.06. The second kappa shape index (κ2) is 10.2. The molecule has 1 amide bonds. The zero-order chi connectivity index (χ0) is 18.1. The highest BCUT2D eigenvalue weighted by Crippen LogP contribution is 2.15. The van der Waals surface area contributed by atoms with Gasteiger partial charge in [-0.2, -0.15) is 0 Å². The molecule has 2 aromatic rings. The first-order valence-corrected chi connectivity index (χ1v) is 9.43. The fourth-order valence-corrected chi connectivity index (χ4v) is 3.07. The van der Waals surface area contributed by atoms with Crippen molar-refractivity contribution >= 4 is 17.7 Å². The second-order valence-corrected chi connectivity index (χ2v) is 7.03. The second-order valence-electron chi connectivity index (χ2n) is 6.08. The molecule has 1 heterocycles. The minimum Gasteiger partial charge on any atom is -0.383 e. The Morgan fingerprint density at radius 3 is 2.76 bits per heavy atom. The molecule has 1 aromatic heterocycles. The number of carbonyl (C=O) groups excluding carboxylic acids is 1. The predicted molar refractivity (Wildman–Crippen MR) is 99.9 cm³/mol. The summed E-state index contributed by atoms with van der Waals surface area (Å²) in [4.78, 5) is 12.0. The SMILES string of the molecule is COCCn1cnnc1SCC(=O)NCCc1ccc(C(C)C)cc1. The van der Waals surface area contributed by atoms with E-state index in [0.29, 0.717) is 31.4 Å². The molecule has 136 valence electrons. The summed E-state index contributed by atoms with van der Waals surface area (Å²) < 4.78 is 6.93. The third kappa shape index (κ3) is 6.51. The van der Waals surface area contributed by atoms with E-state index in [1.54, 1.807) is 13.4 Å². The molecule has 0 bridgehead atoms. The van der Waals surface area contributed by atoms with Gasteiger partial charge in [-0.1, -0.05) is 49.9 Å². The molecule has 0 aliphatic rings. The average molecular weight is 362 g/mol. The van der Waals surface area contributed by atoms with Crippen molar-refractivity contribution in [2.45, 2.75) is 37.9 Å². The van der Waals surface area contributed by atoms with Crippen molar-refractivity contribution in [1.82, 2.24) is 20.1 Å². The molecule has 7 heteroatoms. The summed E-state index contributed by atoms with van der Waals surface area (Å²) in [5.41, 5.74) is 2.57. The molecule has 1 N–H and O–H groups in total. The lowest BCUT2D eigenvalue weighted by Gasteiger charge is -2.08. The van der Waals surface area contributed by atoms with Gasteiger partial charge in [0, 0.05) is 20.2 Å². The topological polar surface area (TPSA) is 69.0 Å². The van der Waals surface area contributed by atoms with E-state index in [-0.39, 0.29) is 5.91 Å². The van der Waals surface area contributed by atoms with Gasteiger partial charge in [-0.25, -0.2) is 0 Å². The van der Waals surface area contributed by atoms with Gasteiger partial charge in [-0.15, -0.1) is 10.2 Å². The van der Waals surface area contributed by atoms with Crippen LogP contribution in [0.3, 0.4) is 0 Å².